The van der Waals surface area contributed by atoms with Gasteiger partial charge >= 0.3 is 5.97 Å². The fourth-order valence-electron chi connectivity index (χ4n) is 1.69. The van der Waals surface area contributed by atoms with Gasteiger partial charge in [0.05, 0.1) is 27.9 Å². The van der Waals surface area contributed by atoms with Gasteiger partial charge in [-0.1, -0.05) is 0 Å². The number of hydrogen-bond donors (Lipinski definition) is 1. The number of carbonyl (C=O) groups excluding carboxylic acids is 1. The molecule has 0 radical (unpaired) electrons. The van der Waals surface area contributed by atoms with Gasteiger partial charge in [-0.15, -0.1) is 0 Å². The summed E-state index contributed by atoms with van der Waals surface area (Å²) in [7, 11) is 4.35. The summed E-state index contributed by atoms with van der Waals surface area (Å²) in [5, 5.41) is 9.96. The van der Waals surface area contributed by atoms with Crippen molar-refractivity contribution in [1.82, 2.24) is 0 Å². The molecule has 1 aromatic carbocycles. The Morgan fingerprint density at radius 1 is 1.16 bits per heavy atom. The molecule has 0 aromatic heterocycles. The molecular formula is C13H18O6. The molecule has 0 unspecified atom stereocenters. The fraction of sp³-hybridized carbons (Fsp3) is 0.462. The molecular weight excluding hydrogens is 252 g/mol. The third-order valence-corrected chi connectivity index (χ3v) is 2.54. The molecule has 0 aliphatic carbocycles. The van der Waals surface area contributed by atoms with Crippen molar-refractivity contribution in [2.24, 2.45) is 0 Å². The van der Waals surface area contributed by atoms with Crippen LogP contribution in [0.15, 0.2) is 12.1 Å². The van der Waals surface area contributed by atoms with Gasteiger partial charge in [0.15, 0.2) is 17.6 Å². The van der Waals surface area contributed by atoms with Crippen LogP contribution in [0, 0.1) is 0 Å². The molecule has 6 nitrogen and oxygen atoms in total. The average Bonchev–Trinajstić information content (AvgIpc) is 2.44. The molecule has 1 rings (SSSR count). The molecule has 106 valence electrons. The summed E-state index contributed by atoms with van der Waals surface area (Å²) in [4.78, 5) is 11.6. The zero-order chi connectivity index (χ0) is 14.4. The van der Waals surface area contributed by atoms with Crippen molar-refractivity contribution in [1.29, 1.82) is 0 Å². The van der Waals surface area contributed by atoms with Gasteiger partial charge in [-0.3, -0.25) is 0 Å². The van der Waals surface area contributed by atoms with Crippen molar-refractivity contribution < 1.29 is 28.8 Å². The lowest BCUT2D eigenvalue weighted by Gasteiger charge is -2.18. The molecule has 0 spiro atoms. The van der Waals surface area contributed by atoms with Crippen molar-refractivity contribution in [3.8, 4) is 17.2 Å². The van der Waals surface area contributed by atoms with Gasteiger partial charge in [0.2, 0.25) is 5.75 Å². The maximum Gasteiger partial charge on any atom is 0.339 e. The molecule has 19 heavy (non-hydrogen) atoms. The van der Waals surface area contributed by atoms with E-state index in [4.69, 9.17) is 18.9 Å². The lowest BCUT2D eigenvalue weighted by atomic mass is 10.1. The van der Waals surface area contributed by atoms with E-state index in [1.54, 1.807) is 13.0 Å². The Hall–Kier alpha value is -1.95. The highest BCUT2D eigenvalue weighted by Gasteiger charge is 2.26. The number of carbonyl (C=O) groups is 1. The van der Waals surface area contributed by atoms with Crippen molar-refractivity contribution >= 4 is 5.97 Å². The van der Waals surface area contributed by atoms with E-state index in [-0.39, 0.29) is 17.9 Å². The van der Waals surface area contributed by atoms with Crippen molar-refractivity contribution in [3.63, 3.8) is 0 Å². The fourth-order valence-corrected chi connectivity index (χ4v) is 1.69. The first-order chi connectivity index (χ1) is 9.10. The molecule has 1 N–H and O–H groups in total. The van der Waals surface area contributed by atoms with Crippen LogP contribution in [0.25, 0.3) is 0 Å². The minimum absolute atomic E-state index is 0.186. The zero-order valence-corrected chi connectivity index (χ0v) is 11.4. The van der Waals surface area contributed by atoms with E-state index in [1.165, 1.54) is 27.4 Å². The smallest absolute Gasteiger partial charge is 0.339 e. The van der Waals surface area contributed by atoms with Crippen LogP contribution in [-0.4, -0.2) is 39.0 Å². The molecule has 0 bridgehead atoms. The average molecular weight is 270 g/mol. The van der Waals surface area contributed by atoms with E-state index in [2.05, 4.69) is 0 Å². The molecule has 0 aliphatic rings. The van der Waals surface area contributed by atoms with E-state index < -0.39 is 12.1 Å². The molecule has 1 aromatic rings. The number of benzene rings is 1. The SMILES string of the molecule is CCOC(=O)[C@H](O)c1ccc(OC)c(OC)c1OC. The van der Waals surface area contributed by atoms with Crippen molar-refractivity contribution in [2.75, 3.05) is 27.9 Å². The van der Waals surface area contributed by atoms with Crippen LogP contribution in [-0.2, 0) is 9.53 Å². The van der Waals surface area contributed by atoms with E-state index in [0.29, 0.717) is 11.5 Å². The van der Waals surface area contributed by atoms with Crippen LogP contribution in [0.5, 0.6) is 17.2 Å². The van der Waals surface area contributed by atoms with Crippen LogP contribution in [0.1, 0.15) is 18.6 Å². The third-order valence-electron chi connectivity index (χ3n) is 2.54. The lowest BCUT2D eigenvalue weighted by Crippen LogP contribution is -2.16. The summed E-state index contributed by atoms with van der Waals surface area (Å²) >= 11 is 0. The summed E-state index contributed by atoms with van der Waals surface area (Å²) in [6.45, 7) is 1.85. The van der Waals surface area contributed by atoms with Crippen LogP contribution in [0.2, 0.25) is 0 Å². The zero-order valence-electron chi connectivity index (χ0n) is 11.4. The van der Waals surface area contributed by atoms with Crippen molar-refractivity contribution in [2.45, 2.75) is 13.0 Å². The first-order valence-electron chi connectivity index (χ1n) is 5.74. The molecule has 0 saturated carbocycles. The number of aliphatic hydroxyl groups is 1. The van der Waals surface area contributed by atoms with E-state index >= 15 is 0 Å². The van der Waals surface area contributed by atoms with Crippen LogP contribution >= 0.6 is 0 Å². The first kappa shape index (κ1) is 15.1. The number of ether oxygens (including phenoxy) is 4. The quantitative estimate of drug-likeness (QED) is 0.786. The Bertz CT molecular complexity index is 443. The standard InChI is InChI=1S/C13H18O6/c1-5-19-13(15)10(14)8-6-7-9(16-2)12(18-4)11(8)17-3/h6-7,10,14H,5H2,1-4H3/t10-/m1/s1. The van der Waals surface area contributed by atoms with Gasteiger partial charge in [0.25, 0.3) is 0 Å². The van der Waals surface area contributed by atoms with Crippen LogP contribution in [0.3, 0.4) is 0 Å². The molecule has 0 heterocycles. The molecule has 0 aliphatic heterocycles. The summed E-state index contributed by atoms with van der Waals surface area (Å²) < 4.78 is 20.3. The highest BCUT2D eigenvalue weighted by molar-refractivity contribution is 5.78. The predicted molar refractivity (Wildman–Crippen MR) is 67.7 cm³/mol. The Labute approximate surface area is 111 Å². The molecule has 1 atom stereocenters. The van der Waals surface area contributed by atoms with Crippen LogP contribution < -0.4 is 14.2 Å². The van der Waals surface area contributed by atoms with Gasteiger partial charge in [0.1, 0.15) is 0 Å². The third kappa shape index (κ3) is 3.08. The van der Waals surface area contributed by atoms with E-state index in [0.717, 1.165) is 0 Å². The Morgan fingerprint density at radius 2 is 1.79 bits per heavy atom. The summed E-state index contributed by atoms with van der Waals surface area (Å²) in [6.07, 6.45) is -1.44. The Balaban J connectivity index is 3.24. The topological polar surface area (TPSA) is 74.2 Å². The molecule has 6 heteroatoms. The lowest BCUT2D eigenvalue weighted by molar-refractivity contribution is -0.153. The predicted octanol–water partition coefficient (Wildman–Crippen LogP) is 1.31. The van der Waals surface area contributed by atoms with Gasteiger partial charge in [-0.25, -0.2) is 4.79 Å². The number of esters is 1. The van der Waals surface area contributed by atoms with Gasteiger partial charge in [0, 0.05) is 5.56 Å². The number of hydrogen-bond acceptors (Lipinski definition) is 6. The minimum atomic E-state index is -1.44. The monoisotopic (exact) mass is 270 g/mol. The maximum absolute atomic E-state index is 11.6. The summed E-state index contributed by atoms with van der Waals surface area (Å²) in [5.74, 6) is 0.250. The largest absolute Gasteiger partial charge is 0.493 e. The molecule has 0 fully saturated rings. The van der Waals surface area contributed by atoms with E-state index in [1.807, 2.05) is 0 Å². The normalized spacial score (nSPS) is 11.6. The number of rotatable bonds is 6. The molecule has 0 saturated heterocycles. The van der Waals surface area contributed by atoms with Gasteiger partial charge in [-0.05, 0) is 19.1 Å². The second-order valence-electron chi connectivity index (χ2n) is 3.58. The number of aliphatic hydroxyl groups excluding tert-OH is 1. The van der Waals surface area contributed by atoms with Gasteiger partial charge < -0.3 is 24.1 Å². The minimum Gasteiger partial charge on any atom is -0.493 e. The Morgan fingerprint density at radius 3 is 2.26 bits per heavy atom. The van der Waals surface area contributed by atoms with Crippen LogP contribution in [0.4, 0.5) is 0 Å². The summed E-state index contributed by atoms with van der Waals surface area (Å²) in [5.41, 5.74) is 0.263. The second-order valence-corrected chi connectivity index (χ2v) is 3.58. The van der Waals surface area contributed by atoms with Gasteiger partial charge in [-0.2, -0.15) is 0 Å². The first-order valence-corrected chi connectivity index (χ1v) is 5.74. The highest BCUT2D eigenvalue weighted by atomic mass is 16.5. The molecule has 0 amide bonds. The Kier molecular flexibility index (Phi) is 5.44. The highest BCUT2D eigenvalue weighted by Crippen LogP contribution is 2.42. The number of methoxy groups -OCH3 is 3. The second kappa shape index (κ2) is 6.84. The summed E-state index contributed by atoms with van der Waals surface area (Å²) in [6, 6.07) is 3.11. The maximum atomic E-state index is 11.6. The van der Waals surface area contributed by atoms with Crippen molar-refractivity contribution in [3.05, 3.63) is 17.7 Å². The van der Waals surface area contributed by atoms with E-state index in [9.17, 15) is 9.90 Å².